The van der Waals surface area contributed by atoms with Crippen molar-refractivity contribution in [2.45, 2.75) is 289 Å². The molecule has 0 aromatic heterocycles. The third kappa shape index (κ3) is 57.6. The number of allylic oxidation sites excluding steroid dienone is 20. The molecular formula is C67H115NO3. The van der Waals surface area contributed by atoms with Crippen LogP contribution in [-0.2, 0) is 4.79 Å². The molecule has 2 unspecified atom stereocenters. The molecule has 0 aliphatic carbocycles. The smallest absolute Gasteiger partial charge is 0.220 e. The topological polar surface area (TPSA) is 69.6 Å². The zero-order valence-electron chi connectivity index (χ0n) is 46.7. The van der Waals surface area contributed by atoms with E-state index >= 15 is 0 Å². The Kier molecular flexibility index (Phi) is 58.3. The molecule has 0 fully saturated rings. The number of unbranched alkanes of at least 4 members (excludes halogenated alkanes) is 27. The van der Waals surface area contributed by atoms with E-state index in [1.807, 2.05) is 0 Å². The van der Waals surface area contributed by atoms with Gasteiger partial charge in [0.05, 0.1) is 18.8 Å². The molecule has 0 aromatic carbocycles. The Bertz CT molecular complexity index is 1390. The highest BCUT2D eigenvalue weighted by Crippen LogP contribution is 2.17. The standard InChI is InChI=1S/C67H115NO3/c1-3-5-7-9-11-13-15-17-19-21-23-25-27-28-29-30-31-32-33-34-35-36-37-38-39-40-41-43-45-47-49-51-53-55-57-59-61-63-67(71)68-65(64-69)66(70)62-60-58-56-54-52-50-48-46-44-42-26-24-22-20-18-16-14-12-10-8-6-4-2/h5,7,11,13,17,19,23,25,28-29,31-32,34-35,37-38,40-41,45,47,65-66,69-70H,3-4,6,8-10,12,14-16,18,20-22,24,26-27,30,33,36,39,42-44,46,48-64H2,1-2H3,(H,68,71)/b7-5-,13-11-,19-17-,25-23-,29-28-,32-31-,35-34-,38-37-,41-40-,47-45-. The van der Waals surface area contributed by atoms with E-state index in [-0.39, 0.29) is 12.5 Å². The molecule has 0 aromatic rings. The molecule has 2 atom stereocenters. The summed E-state index contributed by atoms with van der Waals surface area (Å²) in [5.41, 5.74) is 0. The quantitative estimate of drug-likeness (QED) is 0.0420. The number of aliphatic hydroxyl groups is 2. The van der Waals surface area contributed by atoms with E-state index < -0.39 is 12.1 Å². The van der Waals surface area contributed by atoms with Crippen LogP contribution >= 0.6 is 0 Å². The summed E-state index contributed by atoms with van der Waals surface area (Å²) < 4.78 is 0. The lowest BCUT2D eigenvalue weighted by molar-refractivity contribution is -0.123. The fourth-order valence-corrected chi connectivity index (χ4v) is 8.68. The summed E-state index contributed by atoms with van der Waals surface area (Å²) in [4.78, 5) is 12.5. The third-order valence-electron chi connectivity index (χ3n) is 13.2. The van der Waals surface area contributed by atoms with Crippen LogP contribution < -0.4 is 5.32 Å². The lowest BCUT2D eigenvalue weighted by Gasteiger charge is -2.22. The lowest BCUT2D eigenvalue weighted by Crippen LogP contribution is -2.45. The summed E-state index contributed by atoms with van der Waals surface area (Å²) in [5.74, 6) is -0.0482. The molecule has 0 saturated heterocycles. The summed E-state index contributed by atoms with van der Waals surface area (Å²) in [6, 6.07) is -0.554. The molecule has 3 N–H and O–H groups in total. The summed E-state index contributed by atoms with van der Waals surface area (Å²) in [6.45, 7) is 4.25. The first-order valence-electron chi connectivity index (χ1n) is 30.2. The van der Waals surface area contributed by atoms with Crippen molar-refractivity contribution in [3.05, 3.63) is 122 Å². The Morgan fingerprint density at radius 3 is 0.930 bits per heavy atom. The van der Waals surface area contributed by atoms with Crippen LogP contribution in [-0.4, -0.2) is 34.9 Å². The minimum Gasteiger partial charge on any atom is -0.394 e. The predicted octanol–water partition coefficient (Wildman–Crippen LogP) is 20.4. The van der Waals surface area contributed by atoms with Gasteiger partial charge in [0, 0.05) is 6.42 Å². The molecule has 0 radical (unpaired) electrons. The molecule has 4 heteroatoms. The molecular weight excluding hydrogens is 867 g/mol. The SMILES string of the molecule is CC/C=C\C/C=C\C/C=C\C/C=C\C/C=C\C/C=C\C/C=C\C/C=C\C/C=C\C/C=C\CCCCCCCCC(=O)NC(CO)C(O)CCCCCCCCCCCCCCCCCCCCCCCC. The molecule has 406 valence electrons. The maximum Gasteiger partial charge on any atom is 0.220 e. The fourth-order valence-electron chi connectivity index (χ4n) is 8.68. The Hall–Kier alpha value is -3.21. The van der Waals surface area contributed by atoms with Crippen molar-refractivity contribution >= 4 is 5.91 Å². The first kappa shape index (κ1) is 67.8. The normalized spacial score (nSPS) is 13.7. The second-order valence-corrected chi connectivity index (χ2v) is 20.0. The average Bonchev–Trinajstić information content (AvgIpc) is 3.37. The second-order valence-electron chi connectivity index (χ2n) is 20.0. The van der Waals surface area contributed by atoms with Gasteiger partial charge in [-0.1, -0.05) is 302 Å². The monoisotopic (exact) mass is 982 g/mol. The van der Waals surface area contributed by atoms with Crippen molar-refractivity contribution in [3.63, 3.8) is 0 Å². The number of hydrogen-bond acceptors (Lipinski definition) is 3. The summed E-state index contributed by atoms with van der Waals surface area (Å²) >= 11 is 0. The number of carbonyl (C=O) groups is 1. The highest BCUT2D eigenvalue weighted by atomic mass is 16.3. The van der Waals surface area contributed by atoms with E-state index in [1.165, 1.54) is 148 Å². The van der Waals surface area contributed by atoms with Crippen molar-refractivity contribution in [2.24, 2.45) is 0 Å². The number of rotatable bonds is 54. The zero-order chi connectivity index (χ0) is 51.3. The molecule has 0 rings (SSSR count). The van der Waals surface area contributed by atoms with Crippen molar-refractivity contribution in [1.82, 2.24) is 5.32 Å². The van der Waals surface area contributed by atoms with Gasteiger partial charge in [-0.3, -0.25) is 4.79 Å². The van der Waals surface area contributed by atoms with Crippen LogP contribution in [0.3, 0.4) is 0 Å². The van der Waals surface area contributed by atoms with E-state index in [2.05, 4.69) is 141 Å². The largest absolute Gasteiger partial charge is 0.394 e. The average molecular weight is 983 g/mol. The Labute approximate surface area is 441 Å². The van der Waals surface area contributed by atoms with E-state index in [0.717, 1.165) is 103 Å². The van der Waals surface area contributed by atoms with Crippen molar-refractivity contribution < 1.29 is 15.0 Å². The highest BCUT2D eigenvalue weighted by Gasteiger charge is 2.20. The van der Waals surface area contributed by atoms with Crippen LogP contribution in [0.25, 0.3) is 0 Å². The predicted molar refractivity (Wildman–Crippen MR) is 317 cm³/mol. The van der Waals surface area contributed by atoms with Crippen molar-refractivity contribution in [1.29, 1.82) is 0 Å². The number of hydrogen-bond donors (Lipinski definition) is 3. The second kappa shape index (κ2) is 61.1. The highest BCUT2D eigenvalue weighted by molar-refractivity contribution is 5.76. The van der Waals surface area contributed by atoms with Gasteiger partial charge in [-0.25, -0.2) is 0 Å². The van der Waals surface area contributed by atoms with Crippen LogP contribution in [0.1, 0.15) is 277 Å². The van der Waals surface area contributed by atoms with Gasteiger partial charge in [0.15, 0.2) is 0 Å². The molecule has 4 nitrogen and oxygen atoms in total. The molecule has 1 amide bonds. The molecule has 0 aliphatic rings. The van der Waals surface area contributed by atoms with E-state index in [4.69, 9.17) is 0 Å². The van der Waals surface area contributed by atoms with Crippen molar-refractivity contribution in [3.8, 4) is 0 Å². The molecule has 0 saturated carbocycles. The van der Waals surface area contributed by atoms with E-state index in [0.29, 0.717) is 12.8 Å². The van der Waals surface area contributed by atoms with Gasteiger partial charge in [0.25, 0.3) is 0 Å². The van der Waals surface area contributed by atoms with Gasteiger partial charge < -0.3 is 15.5 Å². The van der Waals surface area contributed by atoms with Gasteiger partial charge in [0.2, 0.25) is 5.91 Å². The first-order chi connectivity index (χ1) is 35.2. The fraction of sp³-hybridized carbons (Fsp3) is 0.687. The van der Waals surface area contributed by atoms with E-state index in [9.17, 15) is 15.0 Å². The Morgan fingerprint density at radius 2 is 0.620 bits per heavy atom. The van der Waals surface area contributed by atoms with E-state index in [1.54, 1.807) is 0 Å². The Balaban J connectivity index is 3.60. The number of nitrogens with one attached hydrogen (secondary N) is 1. The molecule has 0 heterocycles. The van der Waals surface area contributed by atoms with Crippen molar-refractivity contribution in [2.75, 3.05) is 6.61 Å². The van der Waals surface area contributed by atoms with Gasteiger partial charge in [-0.15, -0.1) is 0 Å². The maximum atomic E-state index is 12.5. The summed E-state index contributed by atoms with van der Waals surface area (Å²) in [7, 11) is 0. The molecule has 0 aliphatic heterocycles. The van der Waals surface area contributed by atoms with Crippen LogP contribution in [0.4, 0.5) is 0 Å². The Morgan fingerprint density at radius 1 is 0.352 bits per heavy atom. The van der Waals surface area contributed by atoms with Gasteiger partial charge in [-0.05, 0) is 89.9 Å². The third-order valence-corrected chi connectivity index (χ3v) is 13.2. The maximum absolute atomic E-state index is 12.5. The molecule has 0 bridgehead atoms. The molecule has 0 spiro atoms. The van der Waals surface area contributed by atoms with Crippen LogP contribution in [0.5, 0.6) is 0 Å². The summed E-state index contributed by atoms with van der Waals surface area (Å²) in [5, 5.41) is 23.4. The number of amides is 1. The van der Waals surface area contributed by atoms with Gasteiger partial charge in [-0.2, -0.15) is 0 Å². The zero-order valence-corrected chi connectivity index (χ0v) is 46.7. The van der Waals surface area contributed by atoms with Crippen LogP contribution in [0.15, 0.2) is 122 Å². The first-order valence-corrected chi connectivity index (χ1v) is 30.2. The minimum atomic E-state index is -0.675. The minimum absolute atomic E-state index is 0.0482. The van der Waals surface area contributed by atoms with Gasteiger partial charge in [0.1, 0.15) is 0 Å². The lowest BCUT2D eigenvalue weighted by atomic mass is 10.0. The number of carbonyl (C=O) groups excluding carboxylic acids is 1. The van der Waals surface area contributed by atoms with Gasteiger partial charge >= 0.3 is 0 Å². The number of aliphatic hydroxyl groups excluding tert-OH is 2. The van der Waals surface area contributed by atoms with Crippen LogP contribution in [0.2, 0.25) is 0 Å². The van der Waals surface area contributed by atoms with Crippen LogP contribution in [0, 0.1) is 0 Å². The molecule has 71 heavy (non-hydrogen) atoms. The summed E-state index contributed by atoms with van der Waals surface area (Å²) in [6.07, 6.45) is 93.3.